The van der Waals surface area contributed by atoms with Crippen LogP contribution in [0.2, 0.25) is 0 Å². The molecule has 0 bridgehead atoms. The molecule has 2 aliphatic rings. The summed E-state index contributed by atoms with van der Waals surface area (Å²) in [6.45, 7) is 5.11. The van der Waals surface area contributed by atoms with E-state index in [2.05, 4.69) is 27.1 Å². The monoisotopic (exact) mass is 346 g/mol. The molecule has 3 aromatic rings. The largest absolute Gasteiger partial charge is 0.353 e. The van der Waals surface area contributed by atoms with Crippen LogP contribution in [0.5, 0.6) is 0 Å². The first-order chi connectivity index (χ1) is 12.8. The summed E-state index contributed by atoms with van der Waals surface area (Å²) < 4.78 is 0. The minimum Gasteiger partial charge on any atom is -0.353 e. The molecule has 3 aromatic heterocycles. The fourth-order valence-corrected chi connectivity index (χ4v) is 3.78. The van der Waals surface area contributed by atoms with E-state index in [-0.39, 0.29) is 0 Å². The number of fused-ring (bicyclic) bond motifs is 1. The Kier molecular flexibility index (Phi) is 3.78. The van der Waals surface area contributed by atoms with E-state index < -0.39 is 0 Å². The molecule has 0 aromatic carbocycles. The first-order valence-corrected chi connectivity index (χ1v) is 9.34. The quantitative estimate of drug-likeness (QED) is 0.787. The van der Waals surface area contributed by atoms with Crippen molar-refractivity contribution in [2.24, 2.45) is 0 Å². The Hall–Kier alpha value is -2.60. The highest BCUT2D eigenvalue weighted by Crippen LogP contribution is 2.44. The molecule has 132 valence electrons. The molecule has 0 unspecified atom stereocenters. The smallest absolute Gasteiger partial charge is 0.162 e. The molecule has 6 nitrogen and oxygen atoms in total. The van der Waals surface area contributed by atoms with E-state index in [4.69, 9.17) is 9.97 Å². The lowest BCUT2D eigenvalue weighted by molar-refractivity contribution is 0.483. The Bertz CT molecular complexity index is 938. The van der Waals surface area contributed by atoms with Gasteiger partial charge in [0.15, 0.2) is 5.82 Å². The molecule has 26 heavy (non-hydrogen) atoms. The highest BCUT2D eigenvalue weighted by molar-refractivity contribution is 5.94. The van der Waals surface area contributed by atoms with Gasteiger partial charge in [0.05, 0.1) is 11.7 Å². The molecule has 1 aliphatic carbocycles. The predicted octanol–water partition coefficient (Wildman–Crippen LogP) is 2.76. The van der Waals surface area contributed by atoms with Crippen LogP contribution in [0.15, 0.2) is 36.9 Å². The van der Waals surface area contributed by atoms with Gasteiger partial charge in [-0.2, -0.15) is 0 Å². The fourth-order valence-electron chi connectivity index (χ4n) is 3.78. The molecule has 4 heterocycles. The summed E-state index contributed by atoms with van der Waals surface area (Å²) >= 11 is 0. The van der Waals surface area contributed by atoms with Crippen molar-refractivity contribution < 1.29 is 0 Å². The van der Waals surface area contributed by atoms with E-state index in [0.29, 0.717) is 12.0 Å². The molecule has 1 saturated carbocycles. The highest BCUT2D eigenvalue weighted by Gasteiger charge is 2.29. The normalized spacial score (nSPS) is 20.5. The number of rotatable bonds is 3. The molecular formula is C20H22N6. The number of hydrogen-bond donors (Lipinski definition) is 1. The number of piperazine rings is 1. The lowest BCUT2D eigenvalue weighted by Crippen LogP contribution is -2.49. The molecule has 1 atom stereocenters. The molecule has 5 rings (SSSR count). The van der Waals surface area contributed by atoms with Gasteiger partial charge in [-0.25, -0.2) is 9.97 Å². The number of nitrogens with zero attached hydrogens (tertiary/aromatic N) is 5. The number of hydrogen-bond acceptors (Lipinski definition) is 6. The van der Waals surface area contributed by atoms with Crippen LogP contribution in [0.25, 0.3) is 22.3 Å². The van der Waals surface area contributed by atoms with Crippen molar-refractivity contribution in [2.75, 3.05) is 24.5 Å². The van der Waals surface area contributed by atoms with E-state index in [1.165, 1.54) is 23.8 Å². The number of pyridine rings is 2. The van der Waals surface area contributed by atoms with Crippen molar-refractivity contribution in [1.82, 2.24) is 25.3 Å². The van der Waals surface area contributed by atoms with Gasteiger partial charge in [0, 0.05) is 55.2 Å². The van der Waals surface area contributed by atoms with Crippen LogP contribution >= 0.6 is 0 Å². The minimum atomic E-state index is 0.448. The Morgan fingerprint density at radius 2 is 1.92 bits per heavy atom. The maximum atomic E-state index is 5.03. The lowest BCUT2D eigenvalue weighted by atomic mass is 10.1. The van der Waals surface area contributed by atoms with Crippen LogP contribution in [0, 0.1) is 0 Å². The summed E-state index contributed by atoms with van der Waals surface area (Å²) in [4.78, 5) is 20.9. The van der Waals surface area contributed by atoms with Gasteiger partial charge in [-0.1, -0.05) is 0 Å². The number of nitrogens with one attached hydrogen (secondary N) is 1. The second kappa shape index (κ2) is 6.29. The van der Waals surface area contributed by atoms with Crippen LogP contribution in [0.4, 0.5) is 5.82 Å². The van der Waals surface area contributed by atoms with E-state index in [1.807, 2.05) is 24.5 Å². The van der Waals surface area contributed by atoms with Gasteiger partial charge in [-0.15, -0.1) is 0 Å². The Balaban J connectivity index is 1.72. The second-order valence-electron chi connectivity index (χ2n) is 7.31. The van der Waals surface area contributed by atoms with Gasteiger partial charge in [-0.05, 0) is 43.4 Å². The summed E-state index contributed by atoms with van der Waals surface area (Å²) in [7, 11) is 0. The van der Waals surface area contributed by atoms with Gasteiger partial charge >= 0.3 is 0 Å². The van der Waals surface area contributed by atoms with Gasteiger partial charge in [0.1, 0.15) is 5.82 Å². The molecule has 1 aliphatic heterocycles. The Morgan fingerprint density at radius 1 is 1.08 bits per heavy atom. The third-order valence-electron chi connectivity index (χ3n) is 5.24. The third kappa shape index (κ3) is 2.80. The first kappa shape index (κ1) is 15.6. The highest BCUT2D eigenvalue weighted by atomic mass is 15.2. The maximum Gasteiger partial charge on any atom is 0.162 e. The SMILES string of the molecule is C[C@H]1CN(c2nc(-c3ccncc3)nc3cncc(C4CC4)c23)CCN1. The van der Waals surface area contributed by atoms with Crippen molar-refractivity contribution in [1.29, 1.82) is 0 Å². The van der Waals surface area contributed by atoms with Gasteiger partial charge in [-0.3, -0.25) is 9.97 Å². The zero-order valence-electron chi connectivity index (χ0n) is 14.9. The molecule has 2 fully saturated rings. The van der Waals surface area contributed by atoms with Crippen LogP contribution in [-0.2, 0) is 0 Å². The summed E-state index contributed by atoms with van der Waals surface area (Å²) in [6, 6.07) is 4.37. The van der Waals surface area contributed by atoms with Crippen LogP contribution in [0.3, 0.4) is 0 Å². The third-order valence-corrected chi connectivity index (χ3v) is 5.24. The number of anilines is 1. The van der Waals surface area contributed by atoms with E-state index in [1.54, 1.807) is 12.4 Å². The molecule has 0 spiro atoms. The van der Waals surface area contributed by atoms with Gasteiger partial charge < -0.3 is 10.2 Å². The summed E-state index contributed by atoms with van der Waals surface area (Å²) in [5, 5.41) is 4.71. The van der Waals surface area contributed by atoms with Crippen molar-refractivity contribution in [3.63, 3.8) is 0 Å². The molecule has 1 N–H and O–H groups in total. The fraction of sp³-hybridized carbons (Fsp3) is 0.400. The minimum absolute atomic E-state index is 0.448. The average Bonchev–Trinajstić information content (AvgIpc) is 3.52. The van der Waals surface area contributed by atoms with Crippen molar-refractivity contribution in [3.05, 3.63) is 42.5 Å². The van der Waals surface area contributed by atoms with Crippen LogP contribution in [-0.4, -0.2) is 45.6 Å². The molecule has 6 heteroatoms. The van der Waals surface area contributed by atoms with Crippen molar-refractivity contribution in [2.45, 2.75) is 31.7 Å². The summed E-state index contributed by atoms with van der Waals surface area (Å²) in [5.74, 6) is 2.41. The van der Waals surface area contributed by atoms with E-state index in [9.17, 15) is 0 Å². The standard InChI is InChI=1S/C20H22N6/c1-13-12-26(9-8-23-13)20-18-16(14-2-3-14)10-22-11-17(18)24-19(25-20)15-4-6-21-7-5-15/h4-7,10-11,13-14,23H,2-3,8-9,12H2,1H3/t13-/m0/s1. The Labute approximate surface area is 152 Å². The van der Waals surface area contributed by atoms with Crippen molar-refractivity contribution in [3.8, 4) is 11.4 Å². The number of aromatic nitrogens is 4. The van der Waals surface area contributed by atoms with Gasteiger partial charge in [0.2, 0.25) is 0 Å². The average molecular weight is 346 g/mol. The molecule has 0 amide bonds. The summed E-state index contributed by atoms with van der Waals surface area (Å²) in [6.07, 6.45) is 9.95. The lowest BCUT2D eigenvalue weighted by Gasteiger charge is -2.33. The molecule has 1 saturated heterocycles. The summed E-state index contributed by atoms with van der Waals surface area (Å²) in [5.41, 5.74) is 3.24. The first-order valence-electron chi connectivity index (χ1n) is 9.34. The van der Waals surface area contributed by atoms with E-state index >= 15 is 0 Å². The van der Waals surface area contributed by atoms with Crippen LogP contribution < -0.4 is 10.2 Å². The van der Waals surface area contributed by atoms with Gasteiger partial charge in [0.25, 0.3) is 0 Å². The van der Waals surface area contributed by atoms with Crippen LogP contribution in [0.1, 0.15) is 31.2 Å². The predicted molar refractivity (Wildman–Crippen MR) is 102 cm³/mol. The molecular weight excluding hydrogens is 324 g/mol. The van der Waals surface area contributed by atoms with Crippen molar-refractivity contribution >= 4 is 16.7 Å². The molecule has 0 radical (unpaired) electrons. The zero-order chi connectivity index (χ0) is 17.5. The Morgan fingerprint density at radius 3 is 2.69 bits per heavy atom. The zero-order valence-corrected chi connectivity index (χ0v) is 14.9. The topological polar surface area (TPSA) is 66.8 Å². The van der Waals surface area contributed by atoms with E-state index in [0.717, 1.165) is 42.4 Å². The second-order valence-corrected chi connectivity index (χ2v) is 7.31. The maximum absolute atomic E-state index is 5.03.